The van der Waals surface area contributed by atoms with Gasteiger partial charge in [0.05, 0.1) is 12.3 Å². The molecule has 0 aliphatic carbocycles. The predicted molar refractivity (Wildman–Crippen MR) is 64.3 cm³/mol. The monoisotopic (exact) mass is 236 g/mol. The molecule has 0 saturated heterocycles. The highest BCUT2D eigenvalue weighted by atomic mass is 16.5. The van der Waals surface area contributed by atoms with Crippen molar-refractivity contribution in [3.05, 3.63) is 18.2 Å². The highest BCUT2D eigenvalue weighted by molar-refractivity contribution is 5.97. The van der Waals surface area contributed by atoms with Gasteiger partial charge in [-0.2, -0.15) is 0 Å². The van der Waals surface area contributed by atoms with Crippen molar-refractivity contribution in [1.82, 2.24) is 0 Å². The zero-order valence-electron chi connectivity index (χ0n) is 9.73. The number of ether oxygens (including phenoxy) is 2. The predicted octanol–water partition coefficient (Wildman–Crippen LogP) is 1.13. The number of nitrogens with two attached hydrogens (primary N) is 1. The zero-order valence-corrected chi connectivity index (χ0v) is 9.73. The van der Waals surface area contributed by atoms with Gasteiger partial charge in [-0.25, -0.2) is 0 Å². The van der Waals surface area contributed by atoms with Crippen molar-refractivity contribution in [2.24, 2.45) is 5.73 Å². The van der Waals surface area contributed by atoms with Crippen LogP contribution < -0.4 is 20.5 Å². The molecule has 0 radical (unpaired) electrons. The highest BCUT2D eigenvalue weighted by Gasteiger charge is 2.23. The van der Waals surface area contributed by atoms with Gasteiger partial charge in [0.2, 0.25) is 0 Å². The van der Waals surface area contributed by atoms with E-state index in [0.717, 1.165) is 6.42 Å². The van der Waals surface area contributed by atoms with Crippen LogP contribution in [0.2, 0.25) is 0 Å². The Morgan fingerprint density at radius 2 is 2.35 bits per heavy atom. The van der Waals surface area contributed by atoms with Crippen molar-refractivity contribution in [3.63, 3.8) is 0 Å². The first-order valence-electron chi connectivity index (χ1n) is 5.65. The van der Waals surface area contributed by atoms with Crippen molar-refractivity contribution in [1.29, 1.82) is 0 Å². The quantitative estimate of drug-likeness (QED) is 0.769. The molecular weight excluding hydrogens is 220 g/mol. The van der Waals surface area contributed by atoms with Crippen molar-refractivity contribution in [2.75, 3.05) is 18.5 Å². The van der Waals surface area contributed by atoms with Gasteiger partial charge in [0.15, 0.2) is 6.10 Å². The summed E-state index contributed by atoms with van der Waals surface area (Å²) in [5, 5.41) is 2.77. The first kappa shape index (κ1) is 11.7. The summed E-state index contributed by atoms with van der Waals surface area (Å²) in [5.41, 5.74) is 6.03. The molecule has 1 aromatic carbocycles. The van der Waals surface area contributed by atoms with Crippen molar-refractivity contribution < 1.29 is 14.3 Å². The topological polar surface area (TPSA) is 73.6 Å². The van der Waals surface area contributed by atoms with E-state index < -0.39 is 6.10 Å². The fourth-order valence-corrected chi connectivity index (χ4v) is 1.55. The fourth-order valence-electron chi connectivity index (χ4n) is 1.55. The molecule has 1 heterocycles. The second-order valence-corrected chi connectivity index (χ2v) is 3.90. The van der Waals surface area contributed by atoms with Gasteiger partial charge >= 0.3 is 0 Å². The number of rotatable bonds is 4. The van der Waals surface area contributed by atoms with Crippen molar-refractivity contribution in [2.45, 2.75) is 19.4 Å². The SMILES string of the molecule is CC1Oc2ccc(OCCCN)cc2NC1=O. The van der Waals surface area contributed by atoms with Gasteiger partial charge in [-0.15, -0.1) is 0 Å². The molecule has 92 valence electrons. The van der Waals surface area contributed by atoms with Crippen LogP contribution in [-0.4, -0.2) is 25.2 Å². The minimum absolute atomic E-state index is 0.142. The third kappa shape index (κ3) is 2.68. The molecule has 1 amide bonds. The lowest BCUT2D eigenvalue weighted by molar-refractivity contribution is -0.122. The Labute approximate surface area is 99.9 Å². The first-order valence-corrected chi connectivity index (χ1v) is 5.65. The molecule has 3 N–H and O–H groups in total. The van der Waals surface area contributed by atoms with E-state index in [1.54, 1.807) is 19.1 Å². The number of carbonyl (C=O) groups is 1. The molecule has 5 nitrogen and oxygen atoms in total. The van der Waals surface area contributed by atoms with Crippen LogP contribution in [-0.2, 0) is 4.79 Å². The average molecular weight is 236 g/mol. The largest absolute Gasteiger partial charge is 0.493 e. The minimum atomic E-state index is -0.452. The molecule has 1 aliphatic heterocycles. The maximum atomic E-state index is 11.4. The van der Waals surface area contributed by atoms with Crippen molar-refractivity contribution in [3.8, 4) is 11.5 Å². The molecule has 0 aromatic heterocycles. The van der Waals surface area contributed by atoms with Crippen LogP contribution in [0.3, 0.4) is 0 Å². The van der Waals surface area contributed by atoms with Crippen LogP contribution in [0.25, 0.3) is 0 Å². The van der Waals surface area contributed by atoms with Gasteiger partial charge < -0.3 is 20.5 Å². The molecule has 2 rings (SSSR count). The first-order chi connectivity index (χ1) is 8.20. The van der Waals surface area contributed by atoms with Gasteiger partial charge in [0.25, 0.3) is 5.91 Å². The fraction of sp³-hybridized carbons (Fsp3) is 0.417. The molecule has 1 unspecified atom stereocenters. The summed E-state index contributed by atoms with van der Waals surface area (Å²) in [6.45, 7) is 2.88. The number of nitrogens with one attached hydrogen (secondary N) is 1. The van der Waals surface area contributed by atoms with E-state index in [2.05, 4.69) is 5.32 Å². The molecular formula is C12H16N2O3. The molecule has 17 heavy (non-hydrogen) atoms. The molecule has 0 fully saturated rings. The Balaban J connectivity index is 2.09. The standard InChI is InChI=1S/C12H16N2O3/c1-8-12(15)14-10-7-9(16-6-2-5-13)3-4-11(10)17-8/h3-4,7-8H,2,5-6,13H2,1H3,(H,14,15). The van der Waals surface area contributed by atoms with Gasteiger partial charge in [0.1, 0.15) is 11.5 Å². The summed E-state index contributed by atoms with van der Waals surface area (Å²) in [7, 11) is 0. The van der Waals surface area contributed by atoms with E-state index in [0.29, 0.717) is 30.3 Å². The van der Waals surface area contributed by atoms with Crippen LogP contribution in [0.5, 0.6) is 11.5 Å². The number of hydrogen-bond acceptors (Lipinski definition) is 4. The van der Waals surface area contributed by atoms with Crippen LogP contribution in [0.4, 0.5) is 5.69 Å². The van der Waals surface area contributed by atoms with Gasteiger partial charge in [-0.05, 0) is 32.0 Å². The highest BCUT2D eigenvalue weighted by Crippen LogP contribution is 2.32. The van der Waals surface area contributed by atoms with E-state index in [1.807, 2.05) is 6.07 Å². The summed E-state index contributed by atoms with van der Waals surface area (Å²) in [6, 6.07) is 5.37. The molecule has 5 heteroatoms. The minimum Gasteiger partial charge on any atom is -0.493 e. The van der Waals surface area contributed by atoms with E-state index in [9.17, 15) is 4.79 Å². The maximum absolute atomic E-state index is 11.4. The van der Waals surface area contributed by atoms with Gasteiger partial charge in [0, 0.05) is 6.07 Å². The molecule has 1 atom stereocenters. The number of hydrogen-bond donors (Lipinski definition) is 2. The Morgan fingerprint density at radius 1 is 1.53 bits per heavy atom. The summed E-state index contributed by atoms with van der Waals surface area (Å²) < 4.78 is 10.9. The lowest BCUT2D eigenvalue weighted by Gasteiger charge is -2.23. The number of fused-ring (bicyclic) bond motifs is 1. The Bertz CT molecular complexity index is 420. The summed E-state index contributed by atoms with van der Waals surface area (Å²) in [4.78, 5) is 11.4. The van der Waals surface area contributed by atoms with Gasteiger partial charge in [-0.1, -0.05) is 0 Å². The zero-order chi connectivity index (χ0) is 12.3. The molecule has 0 saturated carbocycles. The summed E-state index contributed by atoms with van der Waals surface area (Å²) >= 11 is 0. The maximum Gasteiger partial charge on any atom is 0.265 e. The second-order valence-electron chi connectivity index (χ2n) is 3.90. The van der Waals surface area contributed by atoms with Crippen LogP contribution in [0.15, 0.2) is 18.2 Å². The van der Waals surface area contributed by atoms with E-state index in [4.69, 9.17) is 15.2 Å². The van der Waals surface area contributed by atoms with E-state index in [1.165, 1.54) is 0 Å². The van der Waals surface area contributed by atoms with Crippen molar-refractivity contribution >= 4 is 11.6 Å². The Morgan fingerprint density at radius 3 is 3.12 bits per heavy atom. The Hall–Kier alpha value is -1.75. The lowest BCUT2D eigenvalue weighted by atomic mass is 10.2. The second kappa shape index (κ2) is 5.05. The average Bonchev–Trinajstić information content (AvgIpc) is 2.31. The van der Waals surface area contributed by atoms with E-state index in [-0.39, 0.29) is 5.91 Å². The smallest absolute Gasteiger partial charge is 0.265 e. The molecule has 0 spiro atoms. The van der Waals surface area contributed by atoms with E-state index >= 15 is 0 Å². The number of amides is 1. The normalized spacial score (nSPS) is 18.0. The third-order valence-corrected chi connectivity index (χ3v) is 2.50. The number of benzene rings is 1. The summed E-state index contributed by atoms with van der Waals surface area (Å²) in [6.07, 6.45) is 0.350. The van der Waals surface area contributed by atoms with Crippen LogP contribution in [0.1, 0.15) is 13.3 Å². The van der Waals surface area contributed by atoms with Crippen LogP contribution >= 0.6 is 0 Å². The lowest BCUT2D eigenvalue weighted by Crippen LogP contribution is -2.34. The summed E-state index contributed by atoms with van der Waals surface area (Å²) in [5.74, 6) is 1.23. The number of carbonyl (C=O) groups excluding carboxylic acids is 1. The molecule has 1 aliphatic rings. The number of anilines is 1. The molecule has 1 aromatic rings. The van der Waals surface area contributed by atoms with Crippen LogP contribution in [0, 0.1) is 0 Å². The molecule has 0 bridgehead atoms. The van der Waals surface area contributed by atoms with Gasteiger partial charge in [-0.3, -0.25) is 4.79 Å². The Kier molecular flexibility index (Phi) is 3.49. The third-order valence-electron chi connectivity index (χ3n) is 2.50.